The number of benzene rings is 1. The second-order valence-corrected chi connectivity index (χ2v) is 10.8. The molecule has 1 amide bonds. The summed E-state index contributed by atoms with van der Waals surface area (Å²) in [6.07, 6.45) is 2.64. The summed E-state index contributed by atoms with van der Waals surface area (Å²) in [5.41, 5.74) is 0.495. The third kappa shape index (κ3) is 5.79. The molecule has 168 valence electrons. The Bertz CT molecular complexity index is 835. The normalized spacial score (nSPS) is 26.2. The molecule has 0 aromatic heterocycles. The van der Waals surface area contributed by atoms with Gasteiger partial charge in [0.15, 0.2) is 0 Å². The van der Waals surface area contributed by atoms with Crippen molar-refractivity contribution in [3.05, 3.63) is 24.3 Å². The van der Waals surface area contributed by atoms with Crippen LogP contribution in [0.15, 0.2) is 29.2 Å². The van der Waals surface area contributed by atoms with Crippen LogP contribution >= 0.6 is 0 Å². The number of ether oxygens (including phenoxy) is 1. The van der Waals surface area contributed by atoms with E-state index in [1.54, 1.807) is 12.1 Å². The Morgan fingerprint density at radius 2 is 1.93 bits per heavy atom. The van der Waals surface area contributed by atoms with Crippen molar-refractivity contribution in [3.8, 4) is 0 Å². The molecule has 0 saturated carbocycles. The number of sulfonamides is 1. The molecule has 0 radical (unpaired) electrons. The molecule has 8 nitrogen and oxygen atoms in total. The van der Waals surface area contributed by atoms with Crippen LogP contribution in [0.25, 0.3) is 0 Å². The van der Waals surface area contributed by atoms with Gasteiger partial charge in [-0.25, -0.2) is 12.7 Å². The van der Waals surface area contributed by atoms with Gasteiger partial charge >= 0.3 is 0 Å². The smallest absolute Gasteiger partial charge is 0.242 e. The van der Waals surface area contributed by atoms with E-state index < -0.39 is 10.0 Å². The van der Waals surface area contributed by atoms with Crippen molar-refractivity contribution in [3.63, 3.8) is 0 Å². The van der Waals surface area contributed by atoms with E-state index in [1.165, 1.54) is 26.2 Å². The zero-order valence-corrected chi connectivity index (χ0v) is 19.2. The Morgan fingerprint density at radius 3 is 2.60 bits per heavy atom. The number of hydrogen-bond donors (Lipinski definition) is 1. The number of carbonyl (C=O) groups is 1. The summed E-state index contributed by atoms with van der Waals surface area (Å²) in [4.78, 5) is 17.5. The minimum Gasteiger partial charge on any atom is -0.373 e. The summed E-state index contributed by atoms with van der Waals surface area (Å²) in [5.74, 6) is -0.120. The fraction of sp³-hybridized carbons (Fsp3) is 0.667. The number of anilines is 1. The quantitative estimate of drug-likeness (QED) is 0.694. The predicted octanol–water partition coefficient (Wildman–Crippen LogP) is 1.45. The summed E-state index contributed by atoms with van der Waals surface area (Å²) in [6, 6.07) is 6.75. The van der Waals surface area contributed by atoms with Crippen LogP contribution in [0.4, 0.5) is 5.69 Å². The zero-order chi connectivity index (χ0) is 21.9. The first kappa shape index (κ1) is 23.1. The number of nitrogens with one attached hydrogen (secondary N) is 1. The van der Waals surface area contributed by atoms with E-state index in [-0.39, 0.29) is 23.0 Å². The molecule has 2 heterocycles. The highest BCUT2D eigenvalue weighted by atomic mass is 32.2. The topological polar surface area (TPSA) is 82.2 Å². The zero-order valence-electron chi connectivity index (χ0n) is 18.4. The summed E-state index contributed by atoms with van der Waals surface area (Å²) in [5, 5.41) is 2.86. The third-order valence-electron chi connectivity index (χ3n) is 5.71. The number of nitrogens with zero attached hydrogens (tertiary/aromatic N) is 3. The van der Waals surface area contributed by atoms with Gasteiger partial charge in [0.2, 0.25) is 15.9 Å². The molecule has 3 atom stereocenters. The molecule has 30 heavy (non-hydrogen) atoms. The van der Waals surface area contributed by atoms with Crippen LogP contribution in [-0.4, -0.2) is 93.5 Å². The van der Waals surface area contributed by atoms with Gasteiger partial charge in [-0.2, -0.15) is 0 Å². The van der Waals surface area contributed by atoms with Gasteiger partial charge < -0.3 is 10.1 Å². The van der Waals surface area contributed by atoms with E-state index in [0.29, 0.717) is 18.3 Å². The molecule has 2 aliphatic heterocycles. The molecular formula is C21H34N4O4S. The van der Waals surface area contributed by atoms with Gasteiger partial charge in [-0.15, -0.1) is 0 Å². The molecule has 0 aliphatic carbocycles. The summed E-state index contributed by atoms with van der Waals surface area (Å²) < 4.78 is 31.6. The van der Waals surface area contributed by atoms with Crippen molar-refractivity contribution in [1.82, 2.24) is 14.1 Å². The van der Waals surface area contributed by atoms with E-state index in [9.17, 15) is 13.2 Å². The van der Waals surface area contributed by atoms with Gasteiger partial charge in [0.05, 0.1) is 23.6 Å². The summed E-state index contributed by atoms with van der Waals surface area (Å²) in [6.45, 7) is 8.22. The van der Waals surface area contributed by atoms with Crippen LogP contribution in [-0.2, 0) is 19.6 Å². The Balaban J connectivity index is 1.58. The molecule has 1 aromatic rings. The highest BCUT2D eigenvalue weighted by Crippen LogP contribution is 2.21. The van der Waals surface area contributed by atoms with Gasteiger partial charge in [0, 0.05) is 45.5 Å². The van der Waals surface area contributed by atoms with Crippen LogP contribution < -0.4 is 5.32 Å². The average Bonchev–Trinajstić information content (AvgIpc) is 3.07. The molecule has 2 aliphatic rings. The lowest BCUT2D eigenvalue weighted by atomic mass is 10.1. The number of amides is 1. The maximum atomic E-state index is 12.7. The van der Waals surface area contributed by atoms with E-state index in [1.807, 2.05) is 0 Å². The molecule has 9 heteroatoms. The van der Waals surface area contributed by atoms with Crippen molar-refractivity contribution in [2.75, 3.05) is 52.1 Å². The Labute approximate surface area is 180 Å². The number of rotatable bonds is 7. The molecular weight excluding hydrogens is 404 g/mol. The SMILES string of the molecule is CC1CN(CC2CCCN2CC(=O)Nc2cccc(S(=O)(=O)N(C)C)c2)CC(C)O1. The van der Waals surface area contributed by atoms with Gasteiger partial charge in [0.1, 0.15) is 0 Å². The maximum Gasteiger partial charge on any atom is 0.242 e. The second-order valence-electron chi connectivity index (χ2n) is 8.61. The van der Waals surface area contributed by atoms with Crippen LogP contribution in [0.5, 0.6) is 0 Å². The number of morpholine rings is 1. The highest BCUT2D eigenvalue weighted by molar-refractivity contribution is 7.89. The van der Waals surface area contributed by atoms with Crippen LogP contribution in [0, 0.1) is 0 Å². The standard InChI is InChI=1S/C21H34N4O4S/c1-16-12-24(13-17(2)29-16)14-19-8-6-10-25(19)15-21(26)22-18-7-5-9-20(11-18)30(27,28)23(3)4/h5,7,9,11,16-17,19H,6,8,10,12-15H2,1-4H3,(H,22,26). The van der Waals surface area contributed by atoms with E-state index >= 15 is 0 Å². The number of hydrogen-bond acceptors (Lipinski definition) is 6. The average molecular weight is 439 g/mol. The lowest BCUT2D eigenvalue weighted by Crippen LogP contribution is -2.50. The summed E-state index contributed by atoms with van der Waals surface area (Å²) in [7, 11) is -0.556. The van der Waals surface area contributed by atoms with Crippen molar-refractivity contribution in [2.45, 2.75) is 49.8 Å². The predicted molar refractivity (Wildman–Crippen MR) is 117 cm³/mol. The minimum atomic E-state index is -3.54. The molecule has 3 rings (SSSR count). The molecule has 3 unspecified atom stereocenters. The number of likely N-dealkylation sites (tertiary alicyclic amines) is 1. The molecule has 1 aromatic carbocycles. The molecule has 2 saturated heterocycles. The first-order valence-electron chi connectivity index (χ1n) is 10.6. The van der Waals surface area contributed by atoms with Crippen molar-refractivity contribution in [1.29, 1.82) is 0 Å². The highest BCUT2D eigenvalue weighted by Gasteiger charge is 2.31. The van der Waals surface area contributed by atoms with Crippen molar-refractivity contribution < 1.29 is 17.9 Å². The Kier molecular flexibility index (Phi) is 7.52. The fourth-order valence-corrected chi connectivity index (χ4v) is 5.32. The Morgan fingerprint density at radius 1 is 1.23 bits per heavy atom. The van der Waals surface area contributed by atoms with E-state index in [4.69, 9.17) is 4.74 Å². The lowest BCUT2D eigenvalue weighted by Gasteiger charge is -2.38. The first-order chi connectivity index (χ1) is 14.1. The third-order valence-corrected chi connectivity index (χ3v) is 7.52. The molecule has 1 N–H and O–H groups in total. The van der Waals surface area contributed by atoms with E-state index in [2.05, 4.69) is 29.0 Å². The van der Waals surface area contributed by atoms with Crippen LogP contribution in [0.2, 0.25) is 0 Å². The van der Waals surface area contributed by atoms with E-state index in [0.717, 1.165) is 43.3 Å². The second kappa shape index (κ2) is 9.74. The van der Waals surface area contributed by atoms with Crippen LogP contribution in [0.1, 0.15) is 26.7 Å². The van der Waals surface area contributed by atoms with Crippen molar-refractivity contribution in [2.24, 2.45) is 0 Å². The van der Waals surface area contributed by atoms with Crippen LogP contribution in [0.3, 0.4) is 0 Å². The maximum absolute atomic E-state index is 12.7. The number of carbonyl (C=O) groups excluding carboxylic acids is 1. The minimum absolute atomic E-state index is 0.120. The first-order valence-corrected chi connectivity index (χ1v) is 12.0. The fourth-order valence-electron chi connectivity index (χ4n) is 4.37. The van der Waals surface area contributed by atoms with Gasteiger partial charge in [-0.05, 0) is 51.4 Å². The summed E-state index contributed by atoms with van der Waals surface area (Å²) >= 11 is 0. The molecule has 0 bridgehead atoms. The van der Waals surface area contributed by atoms with Gasteiger partial charge in [-0.3, -0.25) is 14.6 Å². The Hall–Kier alpha value is -1.52. The lowest BCUT2D eigenvalue weighted by molar-refractivity contribution is -0.117. The van der Waals surface area contributed by atoms with Gasteiger partial charge in [0.25, 0.3) is 0 Å². The largest absolute Gasteiger partial charge is 0.373 e. The van der Waals surface area contributed by atoms with Gasteiger partial charge in [-0.1, -0.05) is 6.07 Å². The van der Waals surface area contributed by atoms with Crippen molar-refractivity contribution >= 4 is 21.6 Å². The molecule has 0 spiro atoms. The molecule has 2 fully saturated rings. The monoisotopic (exact) mass is 438 g/mol.